The van der Waals surface area contributed by atoms with Crippen molar-refractivity contribution in [2.45, 2.75) is 26.2 Å². The molecule has 10 aromatic carbocycles. The minimum atomic E-state index is -0.100. The first-order valence-corrected chi connectivity index (χ1v) is 22.3. The lowest BCUT2D eigenvalue weighted by Crippen LogP contribution is -2.17. The van der Waals surface area contributed by atoms with Gasteiger partial charge in [0.25, 0.3) is 0 Å². The number of para-hydroxylation sites is 5. The largest absolute Gasteiger partial charge is 0.309 e. The molecule has 0 radical (unpaired) electrons. The monoisotopic (exact) mass is 820 g/mol. The SMILES string of the molecule is CC(C)(C)c1ccc(-c2ccccc2)c(N(c2ccccc2-c2cccc3cccc(-c4ccccc4)c23)c2ccccc2-c2cccc3c4ccccc4n(-c4ccccc4)c23)c1. The van der Waals surface area contributed by atoms with Gasteiger partial charge in [0.05, 0.1) is 28.1 Å². The van der Waals surface area contributed by atoms with Gasteiger partial charge in [-0.25, -0.2) is 0 Å². The molecule has 0 aliphatic rings. The molecule has 2 nitrogen and oxygen atoms in total. The van der Waals surface area contributed by atoms with Gasteiger partial charge < -0.3 is 9.47 Å². The smallest absolute Gasteiger partial charge is 0.0620 e. The molecule has 0 N–H and O–H groups in total. The Morgan fingerprint density at radius 1 is 0.359 bits per heavy atom. The Balaban J connectivity index is 1.26. The van der Waals surface area contributed by atoms with Crippen LogP contribution in [0.2, 0.25) is 0 Å². The zero-order valence-corrected chi connectivity index (χ0v) is 36.4. The summed E-state index contributed by atoms with van der Waals surface area (Å²) < 4.78 is 2.45. The van der Waals surface area contributed by atoms with E-state index in [4.69, 9.17) is 0 Å². The Morgan fingerprint density at radius 3 is 1.53 bits per heavy atom. The highest BCUT2D eigenvalue weighted by Gasteiger charge is 2.27. The van der Waals surface area contributed by atoms with Gasteiger partial charge in [0, 0.05) is 38.7 Å². The molecule has 1 aromatic heterocycles. The minimum absolute atomic E-state index is 0.100. The lowest BCUT2D eigenvalue weighted by atomic mass is 9.85. The van der Waals surface area contributed by atoms with Gasteiger partial charge in [-0.3, -0.25) is 0 Å². The highest BCUT2D eigenvalue weighted by atomic mass is 15.2. The maximum Gasteiger partial charge on any atom is 0.0620 e. The average molecular weight is 821 g/mol. The second-order valence-electron chi connectivity index (χ2n) is 17.7. The molecular weight excluding hydrogens is 773 g/mol. The fourth-order valence-electron chi connectivity index (χ4n) is 9.73. The Hall–Kier alpha value is -7.94. The van der Waals surface area contributed by atoms with E-state index in [0.717, 1.165) is 39.4 Å². The number of anilines is 3. The molecule has 0 amide bonds. The summed E-state index contributed by atoms with van der Waals surface area (Å²) >= 11 is 0. The Labute approximate surface area is 376 Å². The summed E-state index contributed by atoms with van der Waals surface area (Å²) in [4.78, 5) is 2.56. The first-order valence-electron chi connectivity index (χ1n) is 22.3. The molecule has 0 saturated heterocycles. The van der Waals surface area contributed by atoms with E-state index in [1.165, 1.54) is 66.0 Å². The van der Waals surface area contributed by atoms with Crippen LogP contribution in [-0.2, 0) is 5.41 Å². The molecule has 11 rings (SSSR count). The van der Waals surface area contributed by atoms with Gasteiger partial charge >= 0.3 is 0 Å². The van der Waals surface area contributed by atoms with E-state index in [-0.39, 0.29) is 5.41 Å². The molecule has 0 saturated carbocycles. The first kappa shape index (κ1) is 38.9. The van der Waals surface area contributed by atoms with Gasteiger partial charge in [0.1, 0.15) is 0 Å². The maximum absolute atomic E-state index is 2.56. The summed E-state index contributed by atoms with van der Waals surface area (Å²) in [5.41, 5.74) is 17.4. The predicted octanol–water partition coefficient (Wildman–Crippen LogP) is 17.4. The van der Waals surface area contributed by atoms with Crippen molar-refractivity contribution in [3.05, 3.63) is 242 Å². The fraction of sp³-hybridized carbons (Fsp3) is 0.0645. The number of rotatable bonds is 8. The molecule has 64 heavy (non-hydrogen) atoms. The molecule has 0 aliphatic heterocycles. The summed E-state index contributed by atoms with van der Waals surface area (Å²) in [6.07, 6.45) is 0. The van der Waals surface area contributed by atoms with Crippen LogP contribution in [0.5, 0.6) is 0 Å². The second-order valence-corrected chi connectivity index (χ2v) is 17.7. The summed E-state index contributed by atoms with van der Waals surface area (Å²) in [5.74, 6) is 0. The molecule has 0 unspecified atom stereocenters. The fourth-order valence-corrected chi connectivity index (χ4v) is 9.73. The molecule has 0 spiro atoms. The van der Waals surface area contributed by atoms with Crippen molar-refractivity contribution in [1.29, 1.82) is 0 Å². The minimum Gasteiger partial charge on any atom is -0.309 e. The third-order valence-corrected chi connectivity index (χ3v) is 12.8. The van der Waals surface area contributed by atoms with E-state index in [9.17, 15) is 0 Å². The maximum atomic E-state index is 2.56. The van der Waals surface area contributed by atoms with E-state index >= 15 is 0 Å². The van der Waals surface area contributed by atoms with Crippen molar-refractivity contribution < 1.29 is 0 Å². The topological polar surface area (TPSA) is 8.17 Å². The summed E-state index contributed by atoms with van der Waals surface area (Å²) in [6.45, 7) is 6.93. The van der Waals surface area contributed by atoms with Crippen LogP contribution in [0.25, 0.3) is 82.8 Å². The summed E-state index contributed by atoms with van der Waals surface area (Å²) in [5, 5.41) is 4.90. The molecule has 11 aromatic rings. The molecule has 1 heterocycles. The van der Waals surface area contributed by atoms with Gasteiger partial charge in [0.15, 0.2) is 0 Å². The quantitative estimate of drug-likeness (QED) is 0.148. The van der Waals surface area contributed by atoms with Crippen LogP contribution >= 0.6 is 0 Å². The van der Waals surface area contributed by atoms with Crippen molar-refractivity contribution in [2.75, 3.05) is 4.90 Å². The van der Waals surface area contributed by atoms with Crippen molar-refractivity contribution in [3.63, 3.8) is 0 Å². The third-order valence-electron chi connectivity index (χ3n) is 12.8. The zero-order chi connectivity index (χ0) is 43.2. The lowest BCUT2D eigenvalue weighted by molar-refractivity contribution is 0.590. The molecule has 0 fully saturated rings. The van der Waals surface area contributed by atoms with Crippen molar-refractivity contribution in [1.82, 2.24) is 4.57 Å². The number of nitrogens with zero attached hydrogens (tertiary/aromatic N) is 2. The van der Waals surface area contributed by atoms with Crippen LogP contribution in [0.1, 0.15) is 26.3 Å². The van der Waals surface area contributed by atoms with Crippen molar-refractivity contribution in [3.8, 4) is 50.2 Å². The van der Waals surface area contributed by atoms with Crippen LogP contribution in [0, 0.1) is 0 Å². The second kappa shape index (κ2) is 16.1. The van der Waals surface area contributed by atoms with Gasteiger partial charge in [-0.15, -0.1) is 0 Å². The average Bonchev–Trinajstić information content (AvgIpc) is 3.69. The van der Waals surface area contributed by atoms with E-state index in [1.807, 2.05) is 0 Å². The van der Waals surface area contributed by atoms with Crippen LogP contribution in [0.3, 0.4) is 0 Å². The lowest BCUT2D eigenvalue weighted by Gasteiger charge is -2.33. The van der Waals surface area contributed by atoms with Crippen molar-refractivity contribution in [2.24, 2.45) is 0 Å². The molecular formula is C62H48N2. The van der Waals surface area contributed by atoms with E-state index in [0.29, 0.717) is 0 Å². The van der Waals surface area contributed by atoms with Crippen LogP contribution in [-0.4, -0.2) is 4.57 Å². The summed E-state index contributed by atoms with van der Waals surface area (Å²) in [6, 6.07) is 86.7. The van der Waals surface area contributed by atoms with E-state index in [1.54, 1.807) is 0 Å². The molecule has 0 aliphatic carbocycles. The normalized spacial score (nSPS) is 11.7. The molecule has 2 heteroatoms. The number of hydrogen-bond acceptors (Lipinski definition) is 1. The Bertz CT molecular complexity index is 3460. The summed E-state index contributed by atoms with van der Waals surface area (Å²) in [7, 11) is 0. The van der Waals surface area contributed by atoms with Crippen LogP contribution in [0.4, 0.5) is 17.1 Å². The highest BCUT2D eigenvalue weighted by molar-refractivity contribution is 6.15. The standard InChI is InChI=1S/C62H48N2/c1-62(2,3)46-40-41-48(43-22-7-4-8-23-43)59(42-46)64(57-38-17-13-30-50(57)53-34-20-27-45-26-19-33-49(60(45)53)44-24-9-5-10-25-44)58-39-18-15-32-52(58)55-36-21-35-54-51-31-14-16-37-56(51)63(61(54)55)47-28-11-6-12-29-47/h4-42H,1-3H3. The molecule has 306 valence electrons. The van der Waals surface area contributed by atoms with Crippen LogP contribution < -0.4 is 4.90 Å². The first-order chi connectivity index (χ1) is 31.4. The van der Waals surface area contributed by atoms with Gasteiger partial charge in [-0.1, -0.05) is 221 Å². The molecule has 0 bridgehead atoms. The van der Waals surface area contributed by atoms with E-state index < -0.39 is 0 Å². The van der Waals surface area contributed by atoms with Crippen molar-refractivity contribution >= 4 is 49.6 Å². The number of aromatic nitrogens is 1. The van der Waals surface area contributed by atoms with Gasteiger partial charge in [-0.05, 0) is 80.4 Å². The third kappa shape index (κ3) is 6.76. The van der Waals surface area contributed by atoms with Gasteiger partial charge in [0.2, 0.25) is 0 Å². The predicted molar refractivity (Wildman–Crippen MR) is 273 cm³/mol. The Morgan fingerprint density at radius 2 is 0.859 bits per heavy atom. The highest BCUT2D eigenvalue weighted by Crippen LogP contribution is 2.51. The number of fused-ring (bicyclic) bond motifs is 4. The molecule has 0 atom stereocenters. The van der Waals surface area contributed by atoms with Gasteiger partial charge in [-0.2, -0.15) is 0 Å². The van der Waals surface area contributed by atoms with E-state index in [2.05, 4.69) is 267 Å². The zero-order valence-electron chi connectivity index (χ0n) is 36.4. The Kier molecular flexibility index (Phi) is 9.78. The number of hydrogen-bond donors (Lipinski definition) is 0. The van der Waals surface area contributed by atoms with Crippen LogP contribution in [0.15, 0.2) is 237 Å². The number of benzene rings is 10.